The summed E-state index contributed by atoms with van der Waals surface area (Å²) >= 11 is 0. The summed E-state index contributed by atoms with van der Waals surface area (Å²) in [7, 11) is 0. The summed E-state index contributed by atoms with van der Waals surface area (Å²) in [6, 6.07) is 0. The molecule has 52 valence electrons. The van der Waals surface area contributed by atoms with Gasteiger partial charge in [0.2, 0.25) is 0 Å². The fourth-order valence-corrected chi connectivity index (χ4v) is 1.27. The second-order valence-electron chi connectivity index (χ2n) is 2.53. The molecule has 0 N–H and O–H groups in total. The largest absolute Gasteiger partial charge is 0.491 e. The van der Waals surface area contributed by atoms with Gasteiger partial charge < -0.3 is 4.74 Å². The van der Waals surface area contributed by atoms with E-state index in [0.717, 1.165) is 18.8 Å². The highest BCUT2D eigenvalue weighted by atomic mass is 16.5. The number of hydrogen-bond donors (Lipinski definition) is 0. The SMILES string of the molecule is Cc1cncc2c1CCO2. The Kier molecular flexibility index (Phi) is 1.13. The number of ether oxygens (including phenoxy) is 1. The molecule has 2 rings (SSSR count). The van der Waals surface area contributed by atoms with Crippen molar-refractivity contribution in [2.45, 2.75) is 13.3 Å². The molecule has 0 atom stereocenters. The lowest BCUT2D eigenvalue weighted by Crippen LogP contribution is -1.86. The second kappa shape index (κ2) is 1.97. The lowest BCUT2D eigenvalue weighted by molar-refractivity contribution is 0.355. The van der Waals surface area contributed by atoms with Gasteiger partial charge in [-0.3, -0.25) is 4.98 Å². The Morgan fingerprint density at radius 3 is 3.20 bits per heavy atom. The van der Waals surface area contributed by atoms with Crippen molar-refractivity contribution in [3.8, 4) is 5.75 Å². The van der Waals surface area contributed by atoms with E-state index in [2.05, 4.69) is 11.9 Å². The molecule has 0 spiro atoms. The van der Waals surface area contributed by atoms with Gasteiger partial charge >= 0.3 is 0 Å². The second-order valence-corrected chi connectivity index (χ2v) is 2.53. The average Bonchev–Trinajstić information content (AvgIpc) is 2.36. The van der Waals surface area contributed by atoms with Crippen LogP contribution in [0.15, 0.2) is 12.4 Å². The Bertz CT molecular complexity index is 257. The van der Waals surface area contributed by atoms with Gasteiger partial charge in [-0.2, -0.15) is 0 Å². The van der Waals surface area contributed by atoms with Crippen molar-refractivity contribution in [3.05, 3.63) is 23.5 Å². The lowest BCUT2D eigenvalue weighted by Gasteiger charge is -1.98. The Labute approximate surface area is 59.9 Å². The molecule has 0 saturated carbocycles. The normalized spacial score (nSPS) is 14.5. The first kappa shape index (κ1) is 5.71. The summed E-state index contributed by atoms with van der Waals surface area (Å²) < 4.78 is 5.32. The standard InChI is InChI=1S/C8H9NO/c1-6-4-9-5-8-7(6)2-3-10-8/h4-5H,2-3H2,1H3. The van der Waals surface area contributed by atoms with Crippen molar-refractivity contribution < 1.29 is 4.74 Å². The number of aryl methyl sites for hydroxylation is 1. The summed E-state index contributed by atoms with van der Waals surface area (Å²) in [6.07, 6.45) is 4.71. The molecule has 1 aliphatic rings. The van der Waals surface area contributed by atoms with E-state index in [1.165, 1.54) is 11.1 Å². The number of fused-ring (bicyclic) bond motifs is 1. The van der Waals surface area contributed by atoms with Crippen molar-refractivity contribution >= 4 is 0 Å². The molecular weight excluding hydrogens is 126 g/mol. The van der Waals surface area contributed by atoms with Gasteiger partial charge in [-0.1, -0.05) is 0 Å². The van der Waals surface area contributed by atoms with Crippen LogP contribution >= 0.6 is 0 Å². The van der Waals surface area contributed by atoms with E-state index >= 15 is 0 Å². The lowest BCUT2D eigenvalue weighted by atomic mass is 10.1. The number of nitrogens with zero attached hydrogens (tertiary/aromatic N) is 1. The van der Waals surface area contributed by atoms with E-state index in [1.807, 2.05) is 6.20 Å². The molecule has 10 heavy (non-hydrogen) atoms. The van der Waals surface area contributed by atoms with Gasteiger partial charge in [-0.05, 0) is 12.5 Å². The topological polar surface area (TPSA) is 22.1 Å². The third kappa shape index (κ3) is 0.685. The van der Waals surface area contributed by atoms with Crippen LogP contribution in [0.2, 0.25) is 0 Å². The minimum Gasteiger partial charge on any atom is -0.491 e. The minimum absolute atomic E-state index is 0.821. The fraction of sp³-hybridized carbons (Fsp3) is 0.375. The molecule has 0 bridgehead atoms. The molecule has 2 nitrogen and oxygen atoms in total. The summed E-state index contributed by atoms with van der Waals surface area (Å²) in [5, 5.41) is 0. The number of aromatic nitrogens is 1. The first-order valence-corrected chi connectivity index (χ1v) is 3.44. The van der Waals surface area contributed by atoms with Gasteiger partial charge in [0.15, 0.2) is 0 Å². The predicted molar refractivity (Wildman–Crippen MR) is 38.2 cm³/mol. The molecule has 0 aromatic carbocycles. The summed E-state index contributed by atoms with van der Waals surface area (Å²) in [6.45, 7) is 2.89. The Morgan fingerprint density at radius 1 is 1.50 bits per heavy atom. The van der Waals surface area contributed by atoms with Crippen molar-refractivity contribution in [3.63, 3.8) is 0 Å². The molecule has 0 radical (unpaired) electrons. The summed E-state index contributed by atoms with van der Waals surface area (Å²) in [5.41, 5.74) is 2.57. The Morgan fingerprint density at radius 2 is 2.40 bits per heavy atom. The number of rotatable bonds is 0. The summed E-state index contributed by atoms with van der Waals surface area (Å²) in [4.78, 5) is 4.03. The van der Waals surface area contributed by atoms with E-state index in [4.69, 9.17) is 4.74 Å². The van der Waals surface area contributed by atoms with Crippen LogP contribution < -0.4 is 4.74 Å². The van der Waals surface area contributed by atoms with Crippen molar-refractivity contribution in [1.29, 1.82) is 0 Å². The number of pyridine rings is 1. The van der Waals surface area contributed by atoms with E-state index in [-0.39, 0.29) is 0 Å². The van der Waals surface area contributed by atoms with Crippen LogP contribution in [0.5, 0.6) is 5.75 Å². The highest BCUT2D eigenvalue weighted by Crippen LogP contribution is 2.25. The molecule has 0 unspecified atom stereocenters. The highest BCUT2D eigenvalue weighted by molar-refractivity contribution is 5.38. The van der Waals surface area contributed by atoms with Crippen LogP contribution in [0, 0.1) is 6.92 Å². The van der Waals surface area contributed by atoms with Gasteiger partial charge in [0.25, 0.3) is 0 Å². The van der Waals surface area contributed by atoms with Gasteiger partial charge in [0, 0.05) is 18.2 Å². The molecule has 2 heteroatoms. The zero-order valence-electron chi connectivity index (χ0n) is 5.92. The molecule has 0 fully saturated rings. The molecule has 2 heterocycles. The van der Waals surface area contributed by atoms with E-state index in [0.29, 0.717) is 0 Å². The highest BCUT2D eigenvalue weighted by Gasteiger charge is 2.13. The van der Waals surface area contributed by atoms with Crippen LogP contribution in [0.3, 0.4) is 0 Å². The summed E-state index contributed by atoms with van der Waals surface area (Å²) in [5.74, 6) is 0.972. The van der Waals surface area contributed by atoms with Gasteiger partial charge in [-0.15, -0.1) is 0 Å². The van der Waals surface area contributed by atoms with Gasteiger partial charge in [-0.25, -0.2) is 0 Å². The van der Waals surface area contributed by atoms with E-state index < -0.39 is 0 Å². The number of hydrogen-bond acceptors (Lipinski definition) is 2. The van der Waals surface area contributed by atoms with Crippen LogP contribution in [0.1, 0.15) is 11.1 Å². The van der Waals surface area contributed by atoms with Crippen LogP contribution in [0.25, 0.3) is 0 Å². The zero-order valence-corrected chi connectivity index (χ0v) is 5.92. The Hall–Kier alpha value is -1.05. The smallest absolute Gasteiger partial charge is 0.141 e. The molecule has 0 saturated heterocycles. The Balaban J connectivity index is 2.59. The monoisotopic (exact) mass is 135 g/mol. The quantitative estimate of drug-likeness (QED) is 0.535. The molecular formula is C8H9NO. The van der Waals surface area contributed by atoms with Crippen molar-refractivity contribution in [2.24, 2.45) is 0 Å². The zero-order chi connectivity index (χ0) is 6.97. The molecule has 0 aliphatic carbocycles. The maximum Gasteiger partial charge on any atom is 0.141 e. The first-order chi connectivity index (χ1) is 4.88. The van der Waals surface area contributed by atoms with Crippen LogP contribution in [0.4, 0.5) is 0 Å². The van der Waals surface area contributed by atoms with Crippen molar-refractivity contribution in [1.82, 2.24) is 4.98 Å². The van der Waals surface area contributed by atoms with E-state index in [1.54, 1.807) is 6.20 Å². The first-order valence-electron chi connectivity index (χ1n) is 3.44. The maximum absolute atomic E-state index is 5.32. The van der Waals surface area contributed by atoms with E-state index in [9.17, 15) is 0 Å². The third-order valence-corrected chi connectivity index (χ3v) is 1.84. The predicted octanol–water partition coefficient (Wildman–Crippen LogP) is 1.32. The van der Waals surface area contributed by atoms with Crippen molar-refractivity contribution in [2.75, 3.05) is 6.61 Å². The molecule has 1 aromatic heterocycles. The minimum atomic E-state index is 0.821. The molecule has 1 aromatic rings. The molecule has 1 aliphatic heterocycles. The molecule has 0 amide bonds. The van der Waals surface area contributed by atoms with Crippen LogP contribution in [-0.2, 0) is 6.42 Å². The average molecular weight is 135 g/mol. The van der Waals surface area contributed by atoms with Gasteiger partial charge in [0.1, 0.15) is 5.75 Å². The van der Waals surface area contributed by atoms with Gasteiger partial charge in [0.05, 0.1) is 12.8 Å². The third-order valence-electron chi connectivity index (χ3n) is 1.84. The van der Waals surface area contributed by atoms with Crippen LogP contribution in [-0.4, -0.2) is 11.6 Å². The fourth-order valence-electron chi connectivity index (χ4n) is 1.27. The maximum atomic E-state index is 5.32.